The van der Waals surface area contributed by atoms with E-state index in [4.69, 9.17) is 9.47 Å². The molecule has 0 atom stereocenters. The number of methoxy groups -OCH3 is 2. The van der Waals surface area contributed by atoms with Crippen molar-refractivity contribution in [3.05, 3.63) is 59.3 Å². The van der Waals surface area contributed by atoms with Crippen LogP contribution in [0.25, 0.3) is 11.3 Å². The molecular formula is C16H18BrNO2. The molecule has 0 saturated carbocycles. The van der Waals surface area contributed by atoms with Crippen LogP contribution in [0, 0.1) is 0 Å². The van der Waals surface area contributed by atoms with E-state index in [-0.39, 0.29) is 0 Å². The van der Waals surface area contributed by atoms with Crippen molar-refractivity contribution in [3.63, 3.8) is 0 Å². The lowest BCUT2D eigenvalue weighted by molar-refractivity contribution is 0.358. The van der Waals surface area contributed by atoms with Crippen molar-refractivity contribution in [2.75, 3.05) is 14.2 Å². The smallest absolute Gasteiger partial charge is 0.224 e. The van der Waals surface area contributed by atoms with Crippen LogP contribution in [0.1, 0.15) is 18.2 Å². The van der Waals surface area contributed by atoms with Crippen LogP contribution in [0.5, 0.6) is 5.88 Å². The summed E-state index contributed by atoms with van der Waals surface area (Å²) in [4.78, 5) is 4.50. The highest BCUT2D eigenvalue weighted by molar-refractivity contribution is 9.10. The highest BCUT2D eigenvalue weighted by Gasteiger charge is 2.14. The van der Waals surface area contributed by atoms with Gasteiger partial charge >= 0.3 is 0 Å². The van der Waals surface area contributed by atoms with Crippen molar-refractivity contribution in [1.82, 2.24) is 4.98 Å². The van der Waals surface area contributed by atoms with E-state index in [1.807, 2.05) is 31.2 Å². The van der Waals surface area contributed by atoms with Gasteiger partial charge in [-0.15, -0.1) is 0 Å². The van der Waals surface area contributed by atoms with Crippen LogP contribution in [0.4, 0.5) is 0 Å². The Labute approximate surface area is 128 Å². The van der Waals surface area contributed by atoms with Gasteiger partial charge in [0.2, 0.25) is 5.88 Å². The summed E-state index contributed by atoms with van der Waals surface area (Å²) in [5.74, 6) is 0.991. The first kappa shape index (κ1) is 16.2. The molecule has 4 heteroatoms. The number of hydrogen-bond acceptors (Lipinski definition) is 3. The molecule has 20 heavy (non-hydrogen) atoms. The van der Waals surface area contributed by atoms with Gasteiger partial charge in [0, 0.05) is 4.47 Å². The predicted molar refractivity (Wildman–Crippen MR) is 87.5 cm³/mol. The third kappa shape index (κ3) is 3.84. The van der Waals surface area contributed by atoms with Gasteiger partial charge in [0.05, 0.1) is 25.5 Å². The van der Waals surface area contributed by atoms with Gasteiger partial charge < -0.3 is 9.47 Å². The van der Waals surface area contributed by atoms with Gasteiger partial charge in [-0.05, 0) is 34.5 Å². The van der Waals surface area contributed by atoms with Gasteiger partial charge in [-0.2, -0.15) is 0 Å². The maximum atomic E-state index is 5.31. The number of rotatable bonds is 6. The molecule has 1 aromatic rings. The monoisotopic (exact) mass is 335 g/mol. The Kier molecular flexibility index (Phi) is 6.25. The third-order valence-electron chi connectivity index (χ3n) is 2.65. The fraction of sp³-hybridized carbons (Fsp3) is 0.188. The lowest BCUT2D eigenvalue weighted by Gasteiger charge is -2.13. The van der Waals surface area contributed by atoms with Crippen LogP contribution in [-0.4, -0.2) is 19.2 Å². The van der Waals surface area contributed by atoms with Crippen LogP contribution >= 0.6 is 15.9 Å². The maximum Gasteiger partial charge on any atom is 0.224 e. The first-order valence-corrected chi connectivity index (χ1v) is 6.78. The molecule has 0 fully saturated rings. The summed E-state index contributed by atoms with van der Waals surface area (Å²) in [7, 11) is 3.14. The number of allylic oxidation sites excluding steroid dienone is 5. The highest BCUT2D eigenvalue weighted by Crippen LogP contribution is 2.31. The molecule has 0 spiro atoms. The van der Waals surface area contributed by atoms with E-state index in [1.54, 1.807) is 20.3 Å². The molecule has 1 heterocycles. The summed E-state index contributed by atoms with van der Waals surface area (Å²) in [5, 5.41) is 0. The number of nitrogens with zero attached hydrogens (tertiary/aromatic N) is 1. The second kappa shape index (κ2) is 7.70. The van der Waals surface area contributed by atoms with Crippen molar-refractivity contribution >= 4 is 27.3 Å². The van der Waals surface area contributed by atoms with Crippen LogP contribution in [0.2, 0.25) is 0 Å². The zero-order valence-corrected chi connectivity index (χ0v) is 13.5. The minimum absolute atomic E-state index is 0.482. The van der Waals surface area contributed by atoms with Crippen LogP contribution in [0.3, 0.4) is 0 Å². The van der Waals surface area contributed by atoms with Gasteiger partial charge in [0.25, 0.3) is 0 Å². The fourth-order valence-electron chi connectivity index (χ4n) is 1.57. The molecule has 0 N–H and O–H groups in total. The quantitative estimate of drug-likeness (QED) is 0.561. The van der Waals surface area contributed by atoms with Crippen molar-refractivity contribution < 1.29 is 9.47 Å². The predicted octanol–water partition coefficient (Wildman–Crippen LogP) is 4.62. The molecule has 0 aliphatic carbocycles. The number of hydrogen-bond donors (Lipinski definition) is 0. The van der Waals surface area contributed by atoms with Gasteiger partial charge in [-0.25, -0.2) is 4.98 Å². The Morgan fingerprint density at radius 1 is 1.35 bits per heavy atom. The standard InChI is InChI=1S/C16H18BrNO2/c1-6-7-8-9-11(2)15-14(17)10-13(12(3)19-4)16(18-15)20-5/h6-10H,1,3H2,2,4-5H3/b8-7-,11-9+. The largest absolute Gasteiger partial charge is 0.497 e. The average Bonchev–Trinajstić information content (AvgIpc) is 2.46. The molecule has 0 aliphatic heterocycles. The number of pyridine rings is 1. The summed E-state index contributed by atoms with van der Waals surface area (Å²) in [5.41, 5.74) is 2.53. The summed E-state index contributed by atoms with van der Waals surface area (Å²) in [6.45, 7) is 9.44. The summed E-state index contributed by atoms with van der Waals surface area (Å²) < 4.78 is 11.3. The molecular weight excluding hydrogens is 318 g/mol. The van der Waals surface area contributed by atoms with E-state index in [0.717, 1.165) is 21.3 Å². The van der Waals surface area contributed by atoms with E-state index in [1.165, 1.54) is 0 Å². The van der Waals surface area contributed by atoms with Crippen LogP contribution in [0.15, 0.2) is 48.0 Å². The van der Waals surface area contributed by atoms with Crippen molar-refractivity contribution in [1.29, 1.82) is 0 Å². The van der Waals surface area contributed by atoms with E-state index in [9.17, 15) is 0 Å². The third-order valence-corrected chi connectivity index (χ3v) is 3.25. The molecule has 0 unspecified atom stereocenters. The van der Waals surface area contributed by atoms with Gasteiger partial charge in [-0.1, -0.05) is 37.5 Å². The number of ether oxygens (including phenoxy) is 2. The zero-order valence-electron chi connectivity index (χ0n) is 11.9. The molecule has 0 aromatic carbocycles. The minimum atomic E-state index is 0.482. The molecule has 106 valence electrons. The molecule has 1 aromatic heterocycles. The SMILES string of the molecule is C=C/C=C\C=C(/C)c1nc(OC)c(C(=C)OC)cc1Br. The Morgan fingerprint density at radius 2 is 2.05 bits per heavy atom. The molecule has 1 rings (SSSR count). The Morgan fingerprint density at radius 3 is 2.60 bits per heavy atom. The fourth-order valence-corrected chi connectivity index (χ4v) is 2.20. The van der Waals surface area contributed by atoms with E-state index in [2.05, 4.69) is 34.1 Å². The molecule has 0 radical (unpaired) electrons. The lowest BCUT2D eigenvalue weighted by atomic mass is 10.1. The molecule has 0 saturated heterocycles. The maximum absolute atomic E-state index is 5.31. The molecule has 0 bridgehead atoms. The van der Waals surface area contributed by atoms with E-state index < -0.39 is 0 Å². The summed E-state index contributed by atoms with van der Waals surface area (Å²) >= 11 is 3.52. The average molecular weight is 336 g/mol. The lowest BCUT2D eigenvalue weighted by Crippen LogP contribution is -1.99. The van der Waals surface area contributed by atoms with Gasteiger partial charge in [0.15, 0.2) is 0 Å². The minimum Gasteiger partial charge on any atom is -0.497 e. The number of halogens is 1. The summed E-state index contributed by atoms with van der Waals surface area (Å²) in [6, 6.07) is 1.89. The summed E-state index contributed by atoms with van der Waals surface area (Å²) in [6.07, 6.45) is 7.44. The Hall–Kier alpha value is -1.81. The van der Waals surface area contributed by atoms with Crippen molar-refractivity contribution in [2.45, 2.75) is 6.92 Å². The van der Waals surface area contributed by atoms with Crippen LogP contribution in [-0.2, 0) is 4.74 Å². The Balaban J connectivity index is 3.30. The van der Waals surface area contributed by atoms with Crippen LogP contribution < -0.4 is 4.74 Å². The van der Waals surface area contributed by atoms with Gasteiger partial charge in [-0.3, -0.25) is 0 Å². The first-order valence-electron chi connectivity index (χ1n) is 5.99. The second-order valence-electron chi connectivity index (χ2n) is 3.97. The highest BCUT2D eigenvalue weighted by atomic mass is 79.9. The van der Waals surface area contributed by atoms with E-state index in [0.29, 0.717) is 11.6 Å². The first-order chi connectivity index (χ1) is 9.54. The molecule has 0 amide bonds. The van der Waals surface area contributed by atoms with E-state index >= 15 is 0 Å². The molecule has 3 nitrogen and oxygen atoms in total. The zero-order chi connectivity index (χ0) is 15.1. The number of aromatic nitrogens is 1. The second-order valence-corrected chi connectivity index (χ2v) is 4.83. The van der Waals surface area contributed by atoms with Crippen molar-refractivity contribution in [3.8, 4) is 5.88 Å². The molecule has 0 aliphatic rings. The van der Waals surface area contributed by atoms with Crippen molar-refractivity contribution in [2.24, 2.45) is 0 Å². The normalized spacial score (nSPS) is 11.5. The Bertz CT molecular complexity index is 574. The topological polar surface area (TPSA) is 31.4 Å². The van der Waals surface area contributed by atoms with Gasteiger partial charge in [0.1, 0.15) is 5.76 Å².